The van der Waals surface area contributed by atoms with E-state index in [0.29, 0.717) is 22.9 Å². The number of hydrogen-bond acceptors (Lipinski definition) is 4. The summed E-state index contributed by atoms with van der Waals surface area (Å²) in [7, 11) is 1.50. The van der Waals surface area contributed by atoms with Gasteiger partial charge in [0.25, 0.3) is 5.56 Å². The molecule has 0 radical (unpaired) electrons. The van der Waals surface area contributed by atoms with Crippen LogP contribution in [0.15, 0.2) is 47.4 Å². The van der Waals surface area contributed by atoms with Crippen LogP contribution in [0.1, 0.15) is 0 Å². The molecule has 1 aromatic carbocycles. The van der Waals surface area contributed by atoms with Crippen LogP contribution in [0.3, 0.4) is 0 Å². The van der Waals surface area contributed by atoms with Gasteiger partial charge in [-0.05, 0) is 30.3 Å². The van der Waals surface area contributed by atoms with Gasteiger partial charge in [0, 0.05) is 18.0 Å². The average molecular weight is 320 g/mol. The molecule has 0 saturated heterocycles. The van der Waals surface area contributed by atoms with Gasteiger partial charge in [-0.3, -0.25) is 9.20 Å². The van der Waals surface area contributed by atoms with Crippen LogP contribution in [-0.4, -0.2) is 16.5 Å². The number of halogens is 2. The van der Waals surface area contributed by atoms with Crippen LogP contribution in [0.2, 0.25) is 5.02 Å². The standard InChI is InChI=1S/C15H11ClFN3O2/c1-22-12-3-2-6-20-14(21)8-13(19-15(12)20)18-9-4-5-11(17)10(16)7-9/h2-8,18H,1H3. The fourth-order valence-corrected chi connectivity index (χ4v) is 2.23. The quantitative estimate of drug-likeness (QED) is 0.805. The fourth-order valence-electron chi connectivity index (χ4n) is 2.05. The van der Waals surface area contributed by atoms with E-state index in [1.54, 1.807) is 18.3 Å². The number of anilines is 2. The Balaban J connectivity index is 2.07. The van der Waals surface area contributed by atoms with Crippen LogP contribution >= 0.6 is 11.6 Å². The molecule has 0 amide bonds. The second-order valence-electron chi connectivity index (χ2n) is 4.50. The van der Waals surface area contributed by atoms with E-state index < -0.39 is 5.82 Å². The average Bonchev–Trinajstić information content (AvgIpc) is 2.50. The molecule has 0 aliphatic rings. The zero-order valence-electron chi connectivity index (χ0n) is 11.5. The van der Waals surface area contributed by atoms with Gasteiger partial charge in [0.2, 0.25) is 0 Å². The Labute approximate surface area is 129 Å². The lowest BCUT2D eigenvalue weighted by molar-refractivity contribution is 0.416. The molecule has 0 bridgehead atoms. The zero-order chi connectivity index (χ0) is 15.7. The van der Waals surface area contributed by atoms with Gasteiger partial charge in [-0.1, -0.05) is 11.6 Å². The third-order valence-electron chi connectivity index (χ3n) is 3.07. The molecular formula is C15H11ClFN3O2. The van der Waals surface area contributed by atoms with Gasteiger partial charge in [-0.15, -0.1) is 0 Å². The minimum Gasteiger partial charge on any atom is -0.493 e. The highest BCUT2D eigenvalue weighted by Crippen LogP contribution is 2.23. The van der Waals surface area contributed by atoms with E-state index in [2.05, 4.69) is 10.3 Å². The van der Waals surface area contributed by atoms with Crippen molar-refractivity contribution in [3.63, 3.8) is 0 Å². The van der Waals surface area contributed by atoms with Gasteiger partial charge in [0.05, 0.1) is 12.1 Å². The lowest BCUT2D eigenvalue weighted by Crippen LogP contribution is -2.15. The predicted octanol–water partition coefficient (Wildman–Crippen LogP) is 3.24. The fraction of sp³-hybridized carbons (Fsp3) is 0.0667. The van der Waals surface area contributed by atoms with Crippen molar-refractivity contribution in [1.29, 1.82) is 0 Å². The molecule has 22 heavy (non-hydrogen) atoms. The van der Waals surface area contributed by atoms with Crippen molar-refractivity contribution < 1.29 is 9.13 Å². The van der Waals surface area contributed by atoms with Crippen molar-refractivity contribution in [3.8, 4) is 5.75 Å². The summed E-state index contributed by atoms with van der Waals surface area (Å²) in [5.41, 5.74) is 0.644. The summed E-state index contributed by atoms with van der Waals surface area (Å²) in [5.74, 6) is 0.276. The van der Waals surface area contributed by atoms with Crippen molar-refractivity contribution in [1.82, 2.24) is 9.38 Å². The van der Waals surface area contributed by atoms with Crippen LogP contribution in [0.25, 0.3) is 5.65 Å². The molecule has 0 fully saturated rings. The summed E-state index contributed by atoms with van der Waals surface area (Å²) < 4.78 is 19.7. The predicted molar refractivity (Wildman–Crippen MR) is 82.7 cm³/mol. The number of pyridine rings is 1. The summed E-state index contributed by atoms with van der Waals surface area (Å²) in [6.45, 7) is 0. The number of fused-ring (bicyclic) bond motifs is 1. The van der Waals surface area contributed by atoms with E-state index in [9.17, 15) is 9.18 Å². The van der Waals surface area contributed by atoms with Crippen molar-refractivity contribution in [3.05, 3.63) is 63.8 Å². The van der Waals surface area contributed by atoms with Crippen LogP contribution in [0.5, 0.6) is 5.75 Å². The minimum atomic E-state index is -0.513. The Morgan fingerprint density at radius 3 is 2.86 bits per heavy atom. The number of aromatic nitrogens is 2. The van der Waals surface area contributed by atoms with E-state index in [1.165, 1.54) is 35.8 Å². The Morgan fingerprint density at radius 2 is 2.14 bits per heavy atom. The molecule has 0 aliphatic heterocycles. The highest BCUT2D eigenvalue weighted by atomic mass is 35.5. The molecule has 7 heteroatoms. The molecule has 0 atom stereocenters. The Bertz CT molecular complexity index is 911. The van der Waals surface area contributed by atoms with Crippen molar-refractivity contribution >= 4 is 28.8 Å². The minimum absolute atomic E-state index is 0.0138. The monoisotopic (exact) mass is 319 g/mol. The maximum Gasteiger partial charge on any atom is 0.260 e. The molecular weight excluding hydrogens is 309 g/mol. The van der Waals surface area contributed by atoms with E-state index in [1.807, 2.05) is 0 Å². The van der Waals surface area contributed by atoms with Gasteiger partial charge < -0.3 is 10.1 Å². The maximum atomic E-state index is 13.2. The van der Waals surface area contributed by atoms with E-state index in [-0.39, 0.29) is 10.6 Å². The summed E-state index contributed by atoms with van der Waals surface area (Å²) in [5, 5.41) is 2.91. The number of hydrogen-bond donors (Lipinski definition) is 1. The summed E-state index contributed by atoms with van der Waals surface area (Å²) in [4.78, 5) is 16.5. The molecule has 3 rings (SSSR count). The van der Waals surface area contributed by atoms with E-state index in [4.69, 9.17) is 16.3 Å². The number of rotatable bonds is 3. The first-order chi connectivity index (χ1) is 10.6. The molecule has 0 unspecified atom stereocenters. The number of ether oxygens (including phenoxy) is 1. The van der Waals surface area contributed by atoms with Gasteiger partial charge >= 0.3 is 0 Å². The molecule has 5 nitrogen and oxygen atoms in total. The van der Waals surface area contributed by atoms with Crippen LogP contribution in [0.4, 0.5) is 15.9 Å². The van der Waals surface area contributed by atoms with Crippen molar-refractivity contribution in [2.45, 2.75) is 0 Å². The highest BCUT2D eigenvalue weighted by Gasteiger charge is 2.08. The zero-order valence-corrected chi connectivity index (χ0v) is 12.3. The maximum absolute atomic E-state index is 13.2. The molecule has 112 valence electrons. The van der Waals surface area contributed by atoms with E-state index >= 15 is 0 Å². The van der Waals surface area contributed by atoms with Gasteiger partial charge in [0.1, 0.15) is 11.6 Å². The SMILES string of the molecule is COc1cccn2c(=O)cc(Nc3ccc(F)c(Cl)c3)nc12. The first-order valence-electron chi connectivity index (χ1n) is 6.37. The van der Waals surface area contributed by atoms with Crippen molar-refractivity contribution in [2.75, 3.05) is 12.4 Å². The molecule has 2 aromatic heterocycles. The molecule has 1 N–H and O–H groups in total. The third-order valence-corrected chi connectivity index (χ3v) is 3.36. The second kappa shape index (κ2) is 5.65. The first-order valence-corrected chi connectivity index (χ1v) is 6.75. The molecule has 0 spiro atoms. The Hall–Kier alpha value is -2.60. The van der Waals surface area contributed by atoms with Crippen LogP contribution < -0.4 is 15.6 Å². The normalized spacial score (nSPS) is 10.7. The van der Waals surface area contributed by atoms with Crippen LogP contribution in [-0.2, 0) is 0 Å². The van der Waals surface area contributed by atoms with Gasteiger partial charge in [-0.2, -0.15) is 0 Å². The second-order valence-corrected chi connectivity index (χ2v) is 4.91. The van der Waals surface area contributed by atoms with Gasteiger partial charge in [0.15, 0.2) is 11.4 Å². The molecule has 0 saturated carbocycles. The van der Waals surface area contributed by atoms with Crippen molar-refractivity contribution in [2.24, 2.45) is 0 Å². The summed E-state index contributed by atoms with van der Waals surface area (Å²) in [6.07, 6.45) is 1.60. The molecule has 2 heterocycles. The summed E-state index contributed by atoms with van der Waals surface area (Å²) in [6, 6.07) is 8.90. The Kier molecular flexibility index (Phi) is 3.68. The number of methoxy groups -OCH3 is 1. The first kappa shape index (κ1) is 14.3. The molecule has 3 aromatic rings. The molecule has 0 aliphatic carbocycles. The van der Waals surface area contributed by atoms with Crippen LogP contribution in [0, 0.1) is 5.82 Å². The largest absolute Gasteiger partial charge is 0.493 e. The number of nitrogens with zero attached hydrogens (tertiary/aromatic N) is 2. The Morgan fingerprint density at radius 1 is 1.32 bits per heavy atom. The summed E-state index contributed by atoms with van der Waals surface area (Å²) >= 11 is 5.73. The van der Waals surface area contributed by atoms with Gasteiger partial charge in [-0.25, -0.2) is 9.37 Å². The topological polar surface area (TPSA) is 55.6 Å². The smallest absolute Gasteiger partial charge is 0.260 e. The number of nitrogens with one attached hydrogen (secondary N) is 1. The number of benzene rings is 1. The lowest BCUT2D eigenvalue weighted by Gasteiger charge is -2.09. The van der Waals surface area contributed by atoms with E-state index in [0.717, 1.165) is 0 Å². The third kappa shape index (κ3) is 2.60. The lowest BCUT2D eigenvalue weighted by atomic mass is 10.3. The highest BCUT2D eigenvalue weighted by molar-refractivity contribution is 6.31.